The Morgan fingerprint density at radius 3 is 2.67 bits per heavy atom. The highest BCUT2D eigenvalue weighted by Gasteiger charge is 2.11. The zero-order chi connectivity index (χ0) is 9.14. The van der Waals surface area contributed by atoms with Gasteiger partial charge in [-0.05, 0) is 12.1 Å². The molecule has 1 nitrogen and oxygen atoms in total. The summed E-state index contributed by atoms with van der Waals surface area (Å²) in [7, 11) is 0. The van der Waals surface area contributed by atoms with Gasteiger partial charge in [-0.3, -0.25) is 0 Å². The Hall–Kier alpha value is -0.780. The minimum atomic E-state index is -0.956. The highest BCUT2D eigenvalue weighted by molar-refractivity contribution is 6.30. The normalized spacial score (nSPS) is 12.2. The van der Waals surface area contributed by atoms with Gasteiger partial charge in [0.25, 0.3) is 0 Å². The van der Waals surface area contributed by atoms with Crippen LogP contribution in [-0.2, 0) is 0 Å². The summed E-state index contributed by atoms with van der Waals surface area (Å²) in [5.41, 5.74) is 0.156. The van der Waals surface area contributed by atoms with Gasteiger partial charge in [0.05, 0.1) is 6.07 Å². The topological polar surface area (TPSA) is 23.8 Å². The molecule has 1 aromatic carbocycles. The monoisotopic (exact) mass is 203 g/mol. The Bertz CT molecular complexity index is 332. The van der Waals surface area contributed by atoms with Gasteiger partial charge in [0.2, 0.25) is 0 Å². The van der Waals surface area contributed by atoms with E-state index in [1.165, 1.54) is 12.1 Å². The number of hydrogen-bond acceptors (Lipinski definition) is 1. The summed E-state index contributed by atoms with van der Waals surface area (Å²) in [4.78, 5) is 0. The molecule has 62 valence electrons. The van der Waals surface area contributed by atoms with Gasteiger partial charge in [-0.25, -0.2) is 4.39 Å². The van der Waals surface area contributed by atoms with Crippen LogP contribution in [0.1, 0.15) is 10.9 Å². The Morgan fingerprint density at radius 2 is 2.17 bits per heavy atom. The molecule has 0 bridgehead atoms. The molecule has 0 aliphatic rings. The van der Waals surface area contributed by atoms with E-state index in [4.69, 9.17) is 28.5 Å². The van der Waals surface area contributed by atoms with Crippen LogP contribution in [0.25, 0.3) is 0 Å². The van der Waals surface area contributed by atoms with Crippen molar-refractivity contribution in [1.82, 2.24) is 0 Å². The van der Waals surface area contributed by atoms with E-state index in [0.717, 1.165) is 6.07 Å². The van der Waals surface area contributed by atoms with Crippen molar-refractivity contribution in [1.29, 1.82) is 5.26 Å². The third-order valence-corrected chi connectivity index (χ3v) is 1.92. The zero-order valence-corrected chi connectivity index (χ0v) is 7.40. The summed E-state index contributed by atoms with van der Waals surface area (Å²) < 4.78 is 13.0. The van der Waals surface area contributed by atoms with Gasteiger partial charge in [-0.15, -0.1) is 11.6 Å². The standard InChI is InChI=1S/C8H4Cl2FN/c9-5-1-2-6(7(10)4-12)8(11)3-5/h1-3,7H. The molecule has 0 aliphatic carbocycles. The molecule has 1 unspecified atom stereocenters. The first-order valence-electron chi connectivity index (χ1n) is 3.14. The molecule has 0 saturated carbocycles. The zero-order valence-electron chi connectivity index (χ0n) is 5.89. The van der Waals surface area contributed by atoms with E-state index in [1.54, 1.807) is 6.07 Å². The van der Waals surface area contributed by atoms with Crippen molar-refractivity contribution in [2.75, 3.05) is 0 Å². The molecule has 1 aromatic rings. The SMILES string of the molecule is N#CC(Cl)c1ccc(Cl)cc1F. The van der Waals surface area contributed by atoms with Crippen molar-refractivity contribution >= 4 is 23.2 Å². The van der Waals surface area contributed by atoms with E-state index in [-0.39, 0.29) is 10.6 Å². The van der Waals surface area contributed by atoms with Crippen LogP contribution in [0.4, 0.5) is 4.39 Å². The molecular formula is C8H4Cl2FN. The first-order valence-corrected chi connectivity index (χ1v) is 3.95. The van der Waals surface area contributed by atoms with Crippen molar-refractivity contribution in [3.05, 3.63) is 34.6 Å². The third-order valence-electron chi connectivity index (χ3n) is 1.35. The van der Waals surface area contributed by atoms with E-state index in [2.05, 4.69) is 0 Å². The maximum absolute atomic E-state index is 13.0. The molecule has 0 amide bonds. The molecule has 0 fully saturated rings. The molecule has 1 rings (SSSR count). The van der Waals surface area contributed by atoms with Crippen molar-refractivity contribution < 1.29 is 4.39 Å². The fourth-order valence-corrected chi connectivity index (χ4v) is 1.11. The van der Waals surface area contributed by atoms with Crippen LogP contribution in [0, 0.1) is 17.1 Å². The van der Waals surface area contributed by atoms with E-state index in [9.17, 15) is 4.39 Å². The lowest BCUT2D eigenvalue weighted by atomic mass is 10.1. The van der Waals surface area contributed by atoms with Crippen LogP contribution in [0.3, 0.4) is 0 Å². The van der Waals surface area contributed by atoms with Crippen LogP contribution < -0.4 is 0 Å². The Kier molecular flexibility index (Phi) is 2.91. The lowest BCUT2D eigenvalue weighted by Gasteiger charge is -2.02. The maximum Gasteiger partial charge on any atom is 0.148 e. The molecule has 0 spiro atoms. The van der Waals surface area contributed by atoms with Crippen LogP contribution in [0.2, 0.25) is 5.02 Å². The predicted octanol–water partition coefficient (Wildman–Crippen LogP) is 3.28. The number of nitrogens with zero attached hydrogens (tertiary/aromatic N) is 1. The largest absolute Gasteiger partial charge is 0.207 e. The average molecular weight is 204 g/mol. The number of rotatable bonds is 1. The van der Waals surface area contributed by atoms with Crippen LogP contribution in [-0.4, -0.2) is 0 Å². The summed E-state index contributed by atoms with van der Waals surface area (Å²) in [6.45, 7) is 0. The van der Waals surface area contributed by atoms with Crippen LogP contribution in [0.15, 0.2) is 18.2 Å². The lowest BCUT2D eigenvalue weighted by molar-refractivity contribution is 0.614. The van der Waals surface area contributed by atoms with Crippen molar-refractivity contribution in [2.45, 2.75) is 5.38 Å². The fourth-order valence-electron chi connectivity index (χ4n) is 0.777. The summed E-state index contributed by atoms with van der Waals surface area (Å²) in [5.74, 6) is -0.552. The molecule has 0 saturated heterocycles. The Balaban J connectivity index is 3.11. The smallest absolute Gasteiger partial charge is 0.148 e. The molecule has 12 heavy (non-hydrogen) atoms. The second-order valence-electron chi connectivity index (χ2n) is 2.16. The second kappa shape index (κ2) is 3.75. The number of alkyl halides is 1. The van der Waals surface area contributed by atoms with Gasteiger partial charge < -0.3 is 0 Å². The summed E-state index contributed by atoms with van der Waals surface area (Å²) in [6, 6.07) is 5.75. The molecule has 0 radical (unpaired) electrons. The van der Waals surface area contributed by atoms with Gasteiger partial charge in [0, 0.05) is 10.6 Å². The van der Waals surface area contributed by atoms with Crippen molar-refractivity contribution in [3.63, 3.8) is 0 Å². The number of halogens is 3. The van der Waals surface area contributed by atoms with E-state index in [0.29, 0.717) is 0 Å². The molecule has 4 heteroatoms. The fraction of sp³-hybridized carbons (Fsp3) is 0.125. The quantitative estimate of drug-likeness (QED) is 0.644. The minimum Gasteiger partial charge on any atom is -0.207 e. The van der Waals surface area contributed by atoms with Gasteiger partial charge in [-0.1, -0.05) is 17.7 Å². The molecule has 1 atom stereocenters. The molecular weight excluding hydrogens is 200 g/mol. The number of nitriles is 1. The van der Waals surface area contributed by atoms with Gasteiger partial charge >= 0.3 is 0 Å². The third kappa shape index (κ3) is 1.88. The molecule has 0 aliphatic heterocycles. The summed E-state index contributed by atoms with van der Waals surface area (Å²) in [6.07, 6.45) is 0. The van der Waals surface area contributed by atoms with Crippen molar-refractivity contribution in [3.8, 4) is 6.07 Å². The molecule has 0 heterocycles. The number of benzene rings is 1. The first kappa shape index (κ1) is 9.31. The van der Waals surface area contributed by atoms with Gasteiger partial charge in [0.15, 0.2) is 0 Å². The van der Waals surface area contributed by atoms with Gasteiger partial charge in [0.1, 0.15) is 11.2 Å². The van der Waals surface area contributed by atoms with Crippen molar-refractivity contribution in [2.24, 2.45) is 0 Å². The predicted molar refractivity (Wildman–Crippen MR) is 45.6 cm³/mol. The molecule has 0 aromatic heterocycles. The van der Waals surface area contributed by atoms with Gasteiger partial charge in [-0.2, -0.15) is 5.26 Å². The Labute approximate surface area is 79.3 Å². The van der Waals surface area contributed by atoms with E-state index < -0.39 is 11.2 Å². The Morgan fingerprint density at radius 1 is 1.50 bits per heavy atom. The first-order chi connectivity index (χ1) is 5.65. The minimum absolute atomic E-state index is 0.156. The average Bonchev–Trinajstić information content (AvgIpc) is 2.03. The highest BCUT2D eigenvalue weighted by Crippen LogP contribution is 2.24. The van der Waals surface area contributed by atoms with E-state index in [1.807, 2.05) is 0 Å². The van der Waals surface area contributed by atoms with E-state index >= 15 is 0 Å². The number of hydrogen-bond donors (Lipinski definition) is 0. The highest BCUT2D eigenvalue weighted by atomic mass is 35.5. The molecule has 0 N–H and O–H groups in total. The second-order valence-corrected chi connectivity index (χ2v) is 3.03. The summed E-state index contributed by atoms with van der Waals surface area (Å²) in [5, 5.41) is 7.73. The summed E-state index contributed by atoms with van der Waals surface area (Å²) >= 11 is 11.0. The van der Waals surface area contributed by atoms with Crippen LogP contribution in [0.5, 0.6) is 0 Å². The maximum atomic E-state index is 13.0. The lowest BCUT2D eigenvalue weighted by Crippen LogP contribution is -1.91. The van der Waals surface area contributed by atoms with Crippen LogP contribution >= 0.6 is 23.2 Å².